The molecule has 0 saturated carbocycles. The van der Waals surface area contributed by atoms with Gasteiger partial charge in [0.2, 0.25) is 0 Å². The first kappa shape index (κ1) is 36.0. The van der Waals surface area contributed by atoms with Crippen LogP contribution >= 0.6 is 0 Å². The van der Waals surface area contributed by atoms with Crippen molar-refractivity contribution in [1.29, 1.82) is 0 Å². The fraction of sp³-hybridized carbons (Fsp3) is 0.917. The normalized spacial score (nSPS) is 7.06. The number of rotatable bonds is 0. The predicted molar refractivity (Wildman–Crippen MR) is 79.5 cm³/mol. The summed E-state index contributed by atoms with van der Waals surface area (Å²) in [6.07, 6.45) is 3.57. The van der Waals surface area contributed by atoms with Gasteiger partial charge >= 0.3 is 0 Å². The molecule has 112 valence electrons. The third kappa shape index (κ3) is 16300. The van der Waals surface area contributed by atoms with E-state index in [2.05, 4.69) is 18.6 Å². The van der Waals surface area contributed by atoms with E-state index in [4.69, 9.17) is 0 Å². The lowest BCUT2D eigenvalue weighted by atomic mass is 10.6. The van der Waals surface area contributed by atoms with E-state index in [0.29, 0.717) is 0 Å². The van der Waals surface area contributed by atoms with E-state index in [1.54, 1.807) is 14.2 Å². The lowest BCUT2D eigenvalue weighted by Crippen LogP contribution is -1.86. The summed E-state index contributed by atoms with van der Waals surface area (Å²) in [5.41, 5.74) is 0. The van der Waals surface area contributed by atoms with Crippen molar-refractivity contribution in [2.45, 2.75) is 49.0 Å². The predicted octanol–water partition coefficient (Wildman–Crippen LogP) is 3.21. The minimum atomic E-state index is -2.67. The lowest BCUT2D eigenvalue weighted by molar-refractivity contribution is -0.114. The number of Topliss-reactive ketones (excluding diaryl/α,β-unsaturated/α-hetero) is 1. The van der Waals surface area contributed by atoms with Crippen molar-refractivity contribution in [1.82, 2.24) is 0 Å². The number of ketones is 1. The fourth-order valence-electron chi connectivity index (χ4n) is 0. The summed E-state index contributed by atoms with van der Waals surface area (Å²) in [4.78, 5) is 9.44. The molecule has 0 aromatic heterocycles. The molecule has 0 aromatic rings. The maximum Gasteiger partial charge on any atom is 0.144 e. The van der Waals surface area contributed by atoms with Crippen molar-refractivity contribution in [2.24, 2.45) is 0 Å². The smallest absolute Gasteiger partial charge is 0.144 e. The summed E-state index contributed by atoms with van der Waals surface area (Å²) in [5.74, 6) is 0.167. The Balaban J connectivity index is -0.0000000234. The fourth-order valence-corrected chi connectivity index (χ4v) is 0. The molecule has 0 spiro atoms. The average Bonchev–Trinajstić information content (AvgIpc) is 1.82. The molecule has 0 rings (SSSR count). The van der Waals surface area contributed by atoms with Crippen LogP contribution in [0.4, 0.5) is 0 Å². The number of methoxy groups -OCH3 is 1. The zero-order valence-corrected chi connectivity index (χ0v) is 12.1. The highest BCUT2D eigenvalue weighted by atomic mass is 32.2. The van der Waals surface area contributed by atoms with Gasteiger partial charge in [-0.15, -0.1) is 0 Å². The van der Waals surface area contributed by atoms with Crippen molar-refractivity contribution >= 4 is 15.6 Å². The molecule has 0 radical (unpaired) electrons. The number of carbonyl (C=O) groups is 1. The number of sulfone groups is 1. The minimum Gasteiger partial charge on any atom is -0.388 e. The van der Waals surface area contributed by atoms with Gasteiger partial charge in [0.15, 0.2) is 0 Å². The zero-order valence-electron chi connectivity index (χ0n) is 11.2. The first-order valence-corrected chi connectivity index (χ1v) is 6.88. The lowest BCUT2D eigenvalue weighted by Gasteiger charge is -1.69. The SMILES string of the molecule is C.C.CC(C)=O.CCC.COC.CS(C)(=O)=O. The Bertz CT molecular complexity index is 183. The molecule has 0 aliphatic rings. The van der Waals surface area contributed by atoms with E-state index in [0.717, 1.165) is 12.5 Å². The monoisotopic (exact) mass is 274 g/mol. The molecule has 0 aliphatic carbocycles. The molecule has 0 amide bonds. The Labute approximate surface area is 110 Å². The van der Waals surface area contributed by atoms with Crippen LogP contribution in [0.1, 0.15) is 49.0 Å². The van der Waals surface area contributed by atoms with Crippen molar-refractivity contribution in [3.8, 4) is 0 Å². The second-order valence-corrected chi connectivity index (χ2v) is 5.45. The molecule has 4 nitrogen and oxygen atoms in total. The minimum absolute atomic E-state index is 0. The van der Waals surface area contributed by atoms with E-state index in [1.165, 1.54) is 20.3 Å². The van der Waals surface area contributed by atoms with Crippen LogP contribution in [0.2, 0.25) is 0 Å². The van der Waals surface area contributed by atoms with Crippen LogP contribution in [0.5, 0.6) is 0 Å². The molecule has 0 bridgehead atoms. The summed E-state index contributed by atoms with van der Waals surface area (Å²) in [7, 11) is 0.583. The molecule has 0 aromatic carbocycles. The van der Waals surface area contributed by atoms with E-state index >= 15 is 0 Å². The van der Waals surface area contributed by atoms with Crippen molar-refractivity contribution in [3.63, 3.8) is 0 Å². The molecule has 17 heavy (non-hydrogen) atoms. The Morgan fingerprint density at radius 2 is 1.00 bits per heavy atom. The molecule has 0 aliphatic heterocycles. The highest BCUT2D eigenvalue weighted by molar-refractivity contribution is 7.89. The van der Waals surface area contributed by atoms with Gasteiger partial charge in [-0.05, 0) is 13.8 Å². The van der Waals surface area contributed by atoms with Crippen LogP contribution in [0.3, 0.4) is 0 Å². The van der Waals surface area contributed by atoms with Gasteiger partial charge in [-0.1, -0.05) is 35.1 Å². The van der Waals surface area contributed by atoms with Crippen LogP contribution in [0, 0.1) is 0 Å². The summed E-state index contributed by atoms with van der Waals surface area (Å²) in [6, 6.07) is 0. The van der Waals surface area contributed by atoms with Crippen LogP contribution in [-0.4, -0.2) is 40.9 Å². The average molecular weight is 274 g/mol. The topological polar surface area (TPSA) is 60.4 Å². The second-order valence-electron chi connectivity index (χ2n) is 3.17. The summed E-state index contributed by atoms with van der Waals surface area (Å²) >= 11 is 0. The molecule has 0 N–H and O–H groups in total. The Hall–Kier alpha value is -0.420. The molecule has 0 heterocycles. The Kier molecular flexibility index (Phi) is 62.6. The standard InChI is InChI=1S/C3H6O.C3H8.C2H6O2S.C2H6O.2CH4/c1-3(2)4;1-3-2;1-5(2,3)4;1-3-2;;/h1-2H3;3H2,1-2H3;1-2H3;1-2H3;2*1H4. The van der Waals surface area contributed by atoms with Gasteiger partial charge in [0.05, 0.1) is 0 Å². The molecule has 0 atom stereocenters. The third-order valence-electron chi connectivity index (χ3n) is 0. The van der Waals surface area contributed by atoms with Gasteiger partial charge in [0, 0.05) is 26.7 Å². The van der Waals surface area contributed by atoms with Crippen molar-refractivity contribution in [2.75, 3.05) is 26.7 Å². The quantitative estimate of drug-likeness (QED) is 0.680. The van der Waals surface area contributed by atoms with Crippen molar-refractivity contribution < 1.29 is 17.9 Å². The first-order valence-electron chi connectivity index (χ1n) is 4.58. The third-order valence-corrected chi connectivity index (χ3v) is 0. The summed E-state index contributed by atoms with van der Waals surface area (Å²) in [6.45, 7) is 7.31. The highest BCUT2D eigenvalue weighted by Gasteiger charge is 1.79. The van der Waals surface area contributed by atoms with Gasteiger partial charge in [-0.25, -0.2) is 8.42 Å². The first-order chi connectivity index (χ1) is 6.56. The van der Waals surface area contributed by atoms with Gasteiger partial charge < -0.3 is 9.53 Å². The number of hydrogen-bond donors (Lipinski definition) is 0. The van der Waals surface area contributed by atoms with Crippen LogP contribution < -0.4 is 0 Å². The second kappa shape index (κ2) is 29.6. The zero-order chi connectivity index (χ0) is 13.5. The largest absolute Gasteiger partial charge is 0.388 e. The molecule has 0 saturated heterocycles. The molecule has 0 unspecified atom stereocenters. The van der Waals surface area contributed by atoms with E-state index < -0.39 is 9.84 Å². The van der Waals surface area contributed by atoms with Crippen LogP contribution in [-0.2, 0) is 19.4 Å². The van der Waals surface area contributed by atoms with Crippen LogP contribution in [0.15, 0.2) is 0 Å². The number of hydrogen-bond acceptors (Lipinski definition) is 4. The van der Waals surface area contributed by atoms with Crippen molar-refractivity contribution in [3.05, 3.63) is 0 Å². The molecular formula is C12H34O4S. The van der Waals surface area contributed by atoms with E-state index in [1.807, 2.05) is 0 Å². The summed E-state index contributed by atoms with van der Waals surface area (Å²) in [5, 5.41) is 0. The summed E-state index contributed by atoms with van der Waals surface area (Å²) < 4.78 is 23.5. The molecule has 0 fully saturated rings. The Morgan fingerprint density at radius 3 is 1.00 bits per heavy atom. The molecular weight excluding hydrogens is 240 g/mol. The van der Waals surface area contributed by atoms with E-state index in [-0.39, 0.29) is 20.6 Å². The van der Waals surface area contributed by atoms with Crippen LogP contribution in [0.25, 0.3) is 0 Å². The van der Waals surface area contributed by atoms with Gasteiger partial charge in [-0.2, -0.15) is 0 Å². The number of ether oxygens (including phenoxy) is 1. The van der Waals surface area contributed by atoms with Gasteiger partial charge in [0.1, 0.15) is 15.6 Å². The maximum absolute atomic E-state index is 9.63. The van der Waals surface area contributed by atoms with Gasteiger partial charge in [-0.3, -0.25) is 0 Å². The highest BCUT2D eigenvalue weighted by Crippen LogP contribution is 1.61. The van der Waals surface area contributed by atoms with E-state index in [9.17, 15) is 13.2 Å². The molecule has 5 heteroatoms. The Morgan fingerprint density at radius 1 is 1.00 bits per heavy atom. The maximum atomic E-state index is 9.63. The van der Waals surface area contributed by atoms with Gasteiger partial charge in [0.25, 0.3) is 0 Å². The number of carbonyl (C=O) groups excluding carboxylic acids is 1.